The number of carbonyl (C=O) groups is 2. The fourth-order valence-corrected chi connectivity index (χ4v) is 5.59. The molecule has 6 nitrogen and oxygen atoms in total. The monoisotopic (exact) mass is 508 g/mol. The summed E-state index contributed by atoms with van der Waals surface area (Å²) in [7, 11) is 0. The lowest BCUT2D eigenvalue weighted by molar-refractivity contribution is -0.140. The number of nitrogens with one attached hydrogen (secondary N) is 2. The number of benzene rings is 2. The zero-order chi connectivity index (χ0) is 26.3. The number of aryl methyl sites for hydroxylation is 1. The fraction of sp³-hybridized carbons (Fsp3) is 0.344. The van der Waals surface area contributed by atoms with Gasteiger partial charge in [0.2, 0.25) is 11.8 Å². The molecule has 0 unspecified atom stereocenters. The molecule has 196 valence electrons. The molecular weight excluding hydrogens is 472 g/mol. The molecule has 2 amide bonds. The minimum atomic E-state index is -0.742. The molecule has 1 saturated carbocycles. The first-order valence-electron chi connectivity index (χ1n) is 13.7. The molecule has 1 aliphatic carbocycles. The molecule has 38 heavy (non-hydrogen) atoms. The number of carbonyl (C=O) groups excluding carboxylic acids is 2. The van der Waals surface area contributed by atoms with Gasteiger partial charge in [0.25, 0.3) is 0 Å². The van der Waals surface area contributed by atoms with Gasteiger partial charge in [-0.15, -0.1) is 0 Å². The van der Waals surface area contributed by atoms with Crippen molar-refractivity contribution in [3.63, 3.8) is 0 Å². The molecule has 0 aliphatic heterocycles. The third-order valence-electron chi connectivity index (χ3n) is 7.57. The van der Waals surface area contributed by atoms with E-state index in [1.54, 1.807) is 17.3 Å². The van der Waals surface area contributed by atoms with Crippen molar-refractivity contribution >= 4 is 22.7 Å². The number of hydrogen-bond donors (Lipinski definition) is 2. The Morgan fingerprint density at radius 3 is 2.68 bits per heavy atom. The summed E-state index contributed by atoms with van der Waals surface area (Å²) >= 11 is 0. The average Bonchev–Trinajstić information content (AvgIpc) is 3.34. The molecule has 0 radical (unpaired) electrons. The molecule has 2 N–H and O–H groups in total. The lowest BCUT2D eigenvalue weighted by atomic mass is 9.94. The highest BCUT2D eigenvalue weighted by molar-refractivity contribution is 5.92. The number of H-pyrrole nitrogens is 1. The molecule has 0 bridgehead atoms. The van der Waals surface area contributed by atoms with Crippen LogP contribution in [0.2, 0.25) is 0 Å². The van der Waals surface area contributed by atoms with Crippen molar-refractivity contribution in [3.05, 3.63) is 102 Å². The number of amides is 2. The van der Waals surface area contributed by atoms with Crippen LogP contribution in [0.1, 0.15) is 60.4 Å². The van der Waals surface area contributed by atoms with Gasteiger partial charge in [0, 0.05) is 47.6 Å². The summed E-state index contributed by atoms with van der Waals surface area (Å²) in [5, 5.41) is 4.31. The van der Waals surface area contributed by atoms with E-state index in [2.05, 4.69) is 40.4 Å². The number of para-hydroxylation sites is 1. The first-order chi connectivity index (χ1) is 18.6. The predicted octanol–water partition coefficient (Wildman–Crippen LogP) is 5.68. The van der Waals surface area contributed by atoms with Crippen LogP contribution in [0.4, 0.5) is 0 Å². The van der Waals surface area contributed by atoms with Gasteiger partial charge in [0.05, 0.1) is 6.42 Å². The third-order valence-corrected chi connectivity index (χ3v) is 7.57. The number of pyridine rings is 1. The largest absolute Gasteiger partial charge is 0.361 e. The van der Waals surface area contributed by atoms with Gasteiger partial charge < -0.3 is 15.2 Å². The van der Waals surface area contributed by atoms with Gasteiger partial charge in [-0.2, -0.15) is 0 Å². The highest BCUT2D eigenvalue weighted by Gasteiger charge is 2.33. The van der Waals surface area contributed by atoms with Gasteiger partial charge in [-0.3, -0.25) is 14.6 Å². The maximum absolute atomic E-state index is 14.1. The summed E-state index contributed by atoms with van der Waals surface area (Å²) in [5.74, 6) is -0.198. The Hall–Kier alpha value is -3.93. The summed E-state index contributed by atoms with van der Waals surface area (Å²) < 4.78 is 0. The van der Waals surface area contributed by atoms with Crippen LogP contribution in [0.15, 0.2) is 79.3 Å². The van der Waals surface area contributed by atoms with Gasteiger partial charge in [-0.05, 0) is 49.4 Å². The van der Waals surface area contributed by atoms with Crippen LogP contribution in [0.3, 0.4) is 0 Å². The van der Waals surface area contributed by atoms with Crippen LogP contribution in [0, 0.1) is 6.92 Å². The first kappa shape index (κ1) is 25.7. The van der Waals surface area contributed by atoms with Crippen LogP contribution < -0.4 is 5.32 Å². The minimum Gasteiger partial charge on any atom is -0.361 e. The molecule has 1 fully saturated rings. The molecule has 6 heteroatoms. The Kier molecular flexibility index (Phi) is 8.17. The normalized spacial score (nSPS) is 14.8. The van der Waals surface area contributed by atoms with Crippen LogP contribution >= 0.6 is 0 Å². The Morgan fingerprint density at radius 1 is 1.05 bits per heavy atom. The molecule has 4 aromatic rings. The van der Waals surface area contributed by atoms with Gasteiger partial charge in [0.15, 0.2) is 0 Å². The van der Waals surface area contributed by atoms with E-state index < -0.39 is 6.04 Å². The summed E-state index contributed by atoms with van der Waals surface area (Å²) in [5.41, 5.74) is 4.99. The lowest BCUT2D eigenvalue weighted by Crippen LogP contribution is -2.48. The zero-order valence-corrected chi connectivity index (χ0v) is 22.0. The Morgan fingerprint density at radius 2 is 1.89 bits per heavy atom. The quantitative estimate of drug-likeness (QED) is 0.306. The van der Waals surface area contributed by atoms with Crippen molar-refractivity contribution in [2.24, 2.45) is 0 Å². The molecular formula is C32H36N4O2. The van der Waals surface area contributed by atoms with Crippen LogP contribution in [0.25, 0.3) is 10.9 Å². The number of nitrogens with zero attached hydrogens (tertiary/aromatic N) is 2. The second-order valence-electron chi connectivity index (χ2n) is 10.4. The van der Waals surface area contributed by atoms with Crippen molar-refractivity contribution in [2.45, 2.75) is 64.0 Å². The molecule has 1 aliphatic rings. The molecule has 0 spiro atoms. The lowest BCUT2D eigenvalue weighted by Gasteiger charge is -2.33. The van der Waals surface area contributed by atoms with E-state index in [9.17, 15) is 9.59 Å². The Balaban J connectivity index is 1.46. The summed E-state index contributed by atoms with van der Waals surface area (Å²) in [6, 6.07) is 19.5. The molecule has 1 atom stereocenters. The molecule has 0 saturated heterocycles. The maximum Gasteiger partial charge on any atom is 0.247 e. The number of fused-ring (bicyclic) bond motifs is 1. The van der Waals surface area contributed by atoms with Gasteiger partial charge >= 0.3 is 0 Å². The van der Waals surface area contributed by atoms with Crippen molar-refractivity contribution in [1.29, 1.82) is 0 Å². The van der Waals surface area contributed by atoms with E-state index in [1.165, 1.54) is 12.0 Å². The second kappa shape index (κ2) is 12.1. The molecule has 2 aromatic carbocycles. The number of hydrogen-bond acceptors (Lipinski definition) is 3. The molecule has 5 rings (SSSR count). The second-order valence-corrected chi connectivity index (χ2v) is 10.4. The van der Waals surface area contributed by atoms with E-state index in [4.69, 9.17) is 0 Å². The van der Waals surface area contributed by atoms with Gasteiger partial charge in [-0.1, -0.05) is 73.4 Å². The summed E-state index contributed by atoms with van der Waals surface area (Å²) in [4.78, 5) is 37.3. The van der Waals surface area contributed by atoms with Crippen LogP contribution in [-0.4, -0.2) is 39.3 Å². The van der Waals surface area contributed by atoms with E-state index in [-0.39, 0.29) is 24.3 Å². The first-order valence-corrected chi connectivity index (χ1v) is 13.7. The van der Waals surface area contributed by atoms with Crippen LogP contribution in [-0.2, 0) is 22.4 Å². The Labute approximate surface area is 224 Å². The maximum atomic E-state index is 14.1. The number of aromatic amines is 1. The van der Waals surface area contributed by atoms with E-state index >= 15 is 0 Å². The Bertz CT molecular complexity index is 1370. The predicted molar refractivity (Wildman–Crippen MR) is 151 cm³/mol. The molecule has 2 heterocycles. The highest BCUT2D eigenvalue weighted by atomic mass is 16.2. The van der Waals surface area contributed by atoms with Crippen molar-refractivity contribution in [2.75, 3.05) is 6.54 Å². The number of aromatic nitrogens is 2. The third kappa shape index (κ3) is 6.13. The van der Waals surface area contributed by atoms with E-state index in [0.29, 0.717) is 13.0 Å². The zero-order valence-electron chi connectivity index (χ0n) is 22.0. The van der Waals surface area contributed by atoms with Gasteiger partial charge in [0.1, 0.15) is 6.04 Å². The molecule has 2 aromatic heterocycles. The minimum absolute atomic E-state index is 0.0740. The SMILES string of the molecule is Cc1cccc(CCN(C(=O)Cc2c[nH]c3ccccc23)[C@@H](C(=O)NC2CCCCC2)c2cccnc2)c1. The van der Waals surface area contributed by atoms with E-state index in [1.807, 2.05) is 48.7 Å². The van der Waals surface area contributed by atoms with Crippen molar-refractivity contribution in [3.8, 4) is 0 Å². The van der Waals surface area contributed by atoms with E-state index in [0.717, 1.165) is 53.3 Å². The van der Waals surface area contributed by atoms with Crippen molar-refractivity contribution < 1.29 is 9.59 Å². The standard InChI is InChI=1S/C32H36N4O2/c1-23-9-7-10-24(19-23)16-18-36(30(37)20-26-22-34-29-15-6-5-14-28(26)29)31(25-11-8-17-33-21-25)32(38)35-27-12-3-2-4-13-27/h5-11,14-15,17,19,21-22,27,31,34H,2-4,12-13,16,18,20H2,1H3,(H,35,38)/t31-/m1/s1. The highest BCUT2D eigenvalue weighted by Crippen LogP contribution is 2.26. The van der Waals surface area contributed by atoms with Crippen molar-refractivity contribution in [1.82, 2.24) is 20.2 Å². The topological polar surface area (TPSA) is 78.1 Å². The number of rotatable bonds is 9. The van der Waals surface area contributed by atoms with Crippen LogP contribution in [0.5, 0.6) is 0 Å². The smallest absolute Gasteiger partial charge is 0.247 e. The fourth-order valence-electron chi connectivity index (χ4n) is 5.59. The van der Waals surface area contributed by atoms with Gasteiger partial charge in [-0.25, -0.2) is 0 Å². The summed E-state index contributed by atoms with van der Waals surface area (Å²) in [6.07, 6.45) is 11.6. The summed E-state index contributed by atoms with van der Waals surface area (Å²) in [6.45, 7) is 2.50. The average molecular weight is 509 g/mol.